The van der Waals surface area contributed by atoms with Crippen molar-refractivity contribution >= 4 is 5.91 Å². The predicted molar refractivity (Wildman–Crippen MR) is 70.5 cm³/mol. The van der Waals surface area contributed by atoms with Gasteiger partial charge in [-0.15, -0.1) is 0 Å². The molecular weight excluding hydrogens is 245 g/mol. The van der Waals surface area contributed by atoms with Crippen molar-refractivity contribution < 1.29 is 14.3 Å². The smallest absolute Gasteiger partial charge is 0.255 e. The van der Waals surface area contributed by atoms with Gasteiger partial charge in [-0.05, 0) is 36.2 Å². The third-order valence-corrected chi connectivity index (χ3v) is 2.74. The Morgan fingerprint density at radius 1 is 1.16 bits per heavy atom. The summed E-state index contributed by atoms with van der Waals surface area (Å²) in [5.74, 6) is -0.676. The van der Waals surface area contributed by atoms with Crippen LogP contribution in [0, 0.1) is 5.82 Å². The number of nitrogens with one attached hydrogen (secondary N) is 1. The second-order valence-electron chi connectivity index (χ2n) is 4.15. The van der Waals surface area contributed by atoms with E-state index in [0.29, 0.717) is 13.0 Å². The highest BCUT2D eigenvalue weighted by atomic mass is 19.1. The van der Waals surface area contributed by atoms with Gasteiger partial charge in [-0.2, -0.15) is 0 Å². The molecule has 0 saturated carbocycles. The maximum atomic E-state index is 13.0. The van der Waals surface area contributed by atoms with Crippen LogP contribution in [-0.4, -0.2) is 17.6 Å². The molecule has 0 unspecified atom stereocenters. The SMILES string of the molecule is O=C(NCCc1cccc(F)c1)c1ccccc1O. The molecule has 0 atom stereocenters. The van der Waals surface area contributed by atoms with E-state index in [0.717, 1.165) is 5.56 Å². The number of aromatic hydroxyl groups is 1. The molecule has 2 N–H and O–H groups in total. The number of rotatable bonds is 4. The minimum absolute atomic E-state index is 0.0502. The maximum absolute atomic E-state index is 13.0. The highest BCUT2D eigenvalue weighted by Gasteiger charge is 2.09. The van der Waals surface area contributed by atoms with Gasteiger partial charge in [0.25, 0.3) is 5.91 Å². The van der Waals surface area contributed by atoms with Crippen molar-refractivity contribution in [1.82, 2.24) is 5.32 Å². The number of carbonyl (C=O) groups is 1. The molecule has 2 rings (SSSR count). The summed E-state index contributed by atoms with van der Waals surface area (Å²) in [4.78, 5) is 11.8. The Balaban J connectivity index is 1.90. The number of phenols is 1. The minimum atomic E-state index is -0.338. The maximum Gasteiger partial charge on any atom is 0.255 e. The lowest BCUT2D eigenvalue weighted by molar-refractivity contribution is 0.0951. The van der Waals surface area contributed by atoms with Crippen molar-refractivity contribution in [2.24, 2.45) is 0 Å². The molecule has 2 aromatic rings. The molecule has 0 aliphatic heterocycles. The summed E-state index contributed by atoms with van der Waals surface area (Å²) in [6, 6.07) is 12.6. The lowest BCUT2D eigenvalue weighted by Crippen LogP contribution is -2.25. The number of carbonyl (C=O) groups excluding carboxylic acids is 1. The fraction of sp³-hybridized carbons (Fsp3) is 0.133. The van der Waals surface area contributed by atoms with Crippen molar-refractivity contribution in [3.8, 4) is 5.75 Å². The molecule has 19 heavy (non-hydrogen) atoms. The lowest BCUT2D eigenvalue weighted by atomic mass is 10.1. The molecule has 0 fully saturated rings. The number of phenolic OH excluding ortho intramolecular Hbond substituents is 1. The number of hydrogen-bond donors (Lipinski definition) is 2. The molecule has 1 amide bonds. The van der Waals surface area contributed by atoms with Gasteiger partial charge in [-0.1, -0.05) is 24.3 Å². The summed E-state index contributed by atoms with van der Waals surface area (Å²) < 4.78 is 13.0. The molecule has 98 valence electrons. The van der Waals surface area contributed by atoms with E-state index in [-0.39, 0.29) is 23.0 Å². The largest absolute Gasteiger partial charge is 0.507 e. The Morgan fingerprint density at radius 2 is 1.95 bits per heavy atom. The van der Waals surface area contributed by atoms with Gasteiger partial charge in [0.2, 0.25) is 0 Å². The highest BCUT2D eigenvalue weighted by molar-refractivity contribution is 5.96. The zero-order valence-corrected chi connectivity index (χ0v) is 10.3. The van der Waals surface area contributed by atoms with Crippen LogP contribution in [-0.2, 0) is 6.42 Å². The van der Waals surface area contributed by atoms with E-state index in [9.17, 15) is 14.3 Å². The van der Waals surface area contributed by atoms with Gasteiger partial charge < -0.3 is 10.4 Å². The fourth-order valence-electron chi connectivity index (χ4n) is 1.77. The summed E-state index contributed by atoms with van der Waals surface area (Å²) in [6.45, 7) is 0.386. The van der Waals surface area contributed by atoms with E-state index < -0.39 is 0 Å². The summed E-state index contributed by atoms with van der Waals surface area (Å²) in [6.07, 6.45) is 0.539. The first kappa shape index (κ1) is 13.1. The zero-order valence-electron chi connectivity index (χ0n) is 10.3. The molecule has 0 spiro atoms. The van der Waals surface area contributed by atoms with Gasteiger partial charge in [0, 0.05) is 6.54 Å². The van der Waals surface area contributed by atoms with Crippen molar-refractivity contribution in [3.63, 3.8) is 0 Å². The van der Waals surface area contributed by atoms with Crippen molar-refractivity contribution in [2.75, 3.05) is 6.54 Å². The summed E-state index contributed by atoms with van der Waals surface area (Å²) >= 11 is 0. The number of halogens is 1. The summed E-state index contributed by atoms with van der Waals surface area (Å²) in [5, 5.41) is 12.2. The Hall–Kier alpha value is -2.36. The van der Waals surface area contributed by atoms with E-state index in [1.54, 1.807) is 30.3 Å². The first-order valence-corrected chi connectivity index (χ1v) is 5.97. The lowest BCUT2D eigenvalue weighted by Gasteiger charge is -2.06. The molecule has 4 heteroatoms. The monoisotopic (exact) mass is 259 g/mol. The molecule has 0 heterocycles. The van der Waals surface area contributed by atoms with E-state index in [1.165, 1.54) is 18.2 Å². The standard InChI is InChI=1S/C15H14FNO2/c16-12-5-3-4-11(10-12)8-9-17-15(19)13-6-1-2-7-14(13)18/h1-7,10,18H,8-9H2,(H,17,19). The molecule has 2 aromatic carbocycles. The van der Waals surface area contributed by atoms with Gasteiger partial charge in [0.1, 0.15) is 11.6 Å². The van der Waals surface area contributed by atoms with Crippen LogP contribution < -0.4 is 5.32 Å². The number of hydrogen-bond acceptors (Lipinski definition) is 2. The van der Waals surface area contributed by atoms with Gasteiger partial charge in [-0.25, -0.2) is 4.39 Å². The van der Waals surface area contributed by atoms with Crippen LogP contribution >= 0.6 is 0 Å². The van der Waals surface area contributed by atoms with E-state index in [1.807, 2.05) is 0 Å². The molecule has 0 aliphatic carbocycles. The normalized spacial score (nSPS) is 10.2. The third-order valence-electron chi connectivity index (χ3n) is 2.74. The van der Waals surface area contributed by atoms with Crippen molar-refractivity contribution in [2.45, 2.75) is 6.42 Å². The van der Waals surface area contributed by atoms with Crippen LogP contribution in [0.25, 0.3) is 0 Å². The number of para-hydroxylation sites is 1. The number of amides is 1. The van der Waals surface area contributed by atoms with Crippen LogP contribution in [0.1, 0.15) is 15.9 Å². The van der Waals surface area contributed by atoms with Crippen LogP contribution in [0.3, 0.4) is 0 Å². The average molecular weight is 259 g/mol. The van der Waals surface area contributed by atoms with Crippen molar-refractivity contribution in [1.29, 1.82) is 0 Å². The van der Waals surface area contributed by atoms with Crippen molar-refractivity contribution in [3.05, 3.63) is 65.5 Å². The van der Waals surface area contributed by atoms with E-state index in [4.69, 9.17) is 0 Å². The second-order valence-corrected chi connectivity index (χ2v) is 4.15. The Kier molecular flexibility index (Phi) is 4.13. The Morgan fingerprint density at radius 3 is 2.68 bits per heavy atom. The van der Waals surface area contributed by atoms with Crippen LogP contribution in [0.5, 0.6) is 5.75 Å². The molecule has 0 aliphatic rings. The first-order valence-electron chi connectivity index (χ1n) is 5.97. The fourth-order valence-corrected chi connectivity index (χ4v) is 1.77. The molecule has 0 bridgehead atoms. The minimum Gasteiger partial charge on any atom is -0.507 e. The van der Waals surface area contributed by atoms with Crippen LogP contribution in [0.15, 0.2) is 48.5 Å². The molecular formula is C15H14FNO2. The first-order chi connectivity index (χ1) is 9.16. The quantitative estimate of drug-likeness (QED) is 0.886. The average Bonchev–Trinajstić information content (AvgIpc) is 2.39. The van der Waals surface area contributed by atoms with Crippen LogP contribution in [0.2, 0.25) is 0 Å². The second kappa shape index (κ2) is 6.00. The van der Waals surface area contributed by atoms with Gasteiger partial charge >= 0.3 is 0 Å². The predicted octanol–water partition coefficient (Wildman–Crippen LogP) is 2.50. The summed E-state index contributed by atoms with van der Waals surface area (Å²) in [7, 11) is 0. The summed E-state index contributed by atoms with van der Waals surface area (Å²) in [5.41, 5.74) is 1.05. The van der Waals surface area contributed by atoms with Gasteiger partial charge in [0.15, 0.2) is 0 Å². The number of benzene rings is 2. The molecule has 0 aromatic heterocycles. The third kappa shape index (κ3) is 3.55. The Bertz CT molecular complexity index is 584. The topological polar surface area (TPSA) is 49.3 Å². The molecule has 3 nitrogen and oxygen atoms in total. The Labute approximate surface area is 110 Å². The van der Waals surface area contributed by atoms with Crippen LogP contribution in [0.4, 0.5) is 4.39 Å². The highest BCUT2D eigenvalue weighted by Crippen LogP contribution is 2.14. The zero-order chi connectivity index (χ0) is 13.7. The van der Waals surface area contributed by atoms with E-state index in [2.05, 4.69) is 5.32 Å². The van der Waals surface area contributed by atoms with Gasteiger partial charge in [-0.3, -0.25) is 4.79 Å². The molecule has 0 saturated heterocycles. The molecule has 0 radical (unpaired) electrons. The van der Waals surface area contributed by atoms with Gasteiger partial charge in [0.05, 0.1) is 5.56 Å². The van der Waals surface area contributed by atoms with E-state index >= 15 is 0 Å².